The Kier molecular flexibility index (Phi) is 3.84. The Bertz CT molecular complexity index is 542. The van der Waals surface area contributed by atoms with E-state index in [1.807, 2.05) is 0 Å². The van der Waals surface area contributed by atoms with E-state index in [0.717, 1.165) is 17.4 Å². The summed E-state index contributed by atoms with van der Waals surface area (Å²) in [5, 5.41) is 8.05. The van der Waals surface area contributed by atoms with Crippen molar-refractivity contribution >= 4 is 16.7 Å². The number of anilines is 1. The minimum atomic E-state index is -0.0408. The lowest BCUT2D eigenvalue weighted by molar-refractivity contribution is 0.384. The van der Waals surface area contributed by atoms with Crippen LogP contribution in [-0.4, -0.2) is 19.5 Å². The van der Waals surface area contributed by atoms with Crippen molar-refractivity contribution in [1.29, 1.82) is 0 Å². The maximum absolute atomic E-state index is 5.01. The fraction of sp³-hybridized carbons (Fsp3) is 0.667. The molecule has 19 heavy (non-hydrogen) atoms. The summed E-state index contributed by atoms with van der Waals surface area (Å²) in [5.74, 6) is 2.08. The minimum absolute atomic E-state index is 0.00165. The summed E-state index contributed by atoms with van der Waals surface area (Å²) in [4.78, 5) is 8.76. The second kappa shape index (κ2) is 5.24. The summed E-state index contributed by atoms with van der Waals surface area (Å²) >= 11 is 1.36. The highest BCUT2D eigenvalue weighted by Crippen LogP contribution is 2.26. The molecule has 0 fully saturated rings. The third-order valence-electron chi connectivity index (χ3n) is 2.66. The minimum Gasteiger partial charge on any atom is -0.350 e. The molecular weight excluding hydrogens is 262 g/mol. The highest BCUT2D eigenvalue weighted by Gasteiger charge is 2.22. The third-order valence-corrected chi connectivity index (χ3v) is 3.30. The van der Waals surface area contributed by atoms with E-state index >= 15 is 0 Å². The molecule has 104 valence electrons. The maximum Gasteiger partial charge on any atom is 0.223 e. The SMILES string of the molecule is CCC(Nc1nc(C(C)(C)C)ns1)c1noc(C)n1. The van der Waals surface area contributed by atoms with Crippen molar-refractivity contribution in [2.24, 2.45) is 0 Å². The molecule has 1 N–H and O–H groups in total. The lowest BCUT2D eigenvalue weighted by Gasteiger charge is -2.13. The zero-order chi connectivity index (χ0) is 14.0. The van der Waals surface area contributed by atoms with Gasteiger partial charge in [-0.05, 0) is 6.42 Å². The van der Waals surface area contributed by atoms with Crippen molar-refractivity contribution < 1.29 is 4.52 Å². The molecule has 2 rings (SSSR count). The Labute approximate surface area is 116 Å². The number of aromatic nitrogens is 4. The van der Waals surface area contributed by atoms with Gasteiger partial charge in [0.05, 0.1) is 6.04 Å². The molecule has 0 bridgehead atoms. The van der Waals surface area contributed by atoms with Gasteiger partial charge in [-0.25, -0.2) is 4.98 Å². The molecule has 2 aromatic rings. The van der Waals surface area contributed by atoms with Crippen LogP contribution in [-0.2, 0) is 5.41 Å². The maximum atomic E-state index is 5.01. The molecule has 0 saturated carbocycles. The molecule has 0 saturated heterocycles. The summed E-state index contributed by atoms with van der Waals surface area (Å²) in [5.41, 5.74) is -0.0408. The highest BCUT2D eigenvalue weighted by atomic mass is 32.1. The van der Waals surface area contributed by atoms with E-state index in [1.54, 1.807) is 6.92 Å². The highest BCUT2D eigenvalue weighted by molar-refractivity contribution is 7.09. The van der Waals surface area contributed by atoms with Gasteiger partial charge in [0.15, 0.2) is 5.82 Å². The first-order chi connectivity index (χ1) is 8.90. The molecule has 2 heterocycles. The molecule has 0 aliphatic heterocycles. The van der Waals surface area contributed by atoms with Crippen LogP contribution in [0.3, 0.4) is 0 Å². The summed E-state index contributed by atoms with van der Waals surface area (Å²) in [7, 11) is 0. The van der Waals surface area contributed by atoms with Crippen LogP contribution in [0, 0.1) is 6.92 Å². The quantitative estimate of drug-likeness (QED) is 0.928. The van der Waals surface area contributed by atoms with E-state index in [0.29, 0.717) is 11.7 Å². The lowest BCUT2D eigenvalue weighted by atomic mass is 9.96. The molecule has 1 atom stereocenters. The second-order valence-corrected chi connectivity index (χ2v) is 6.20. The van der Waals surface area contributed by atoms with E-state index < -0.39 is 0 Å². The van der Waals surface area contributed by atoms with E-state index in [1.165, 1.54) is 11.5 Å². The van der Waals surface area contributed by atoms with Gasteiger partial charge in [0.1, 0.15) is 5.82 Å². The largest absolute Gasteiger partial charge is 0.350 e. The van der Waals surface area contributed by atoms with E-state index in [4.69, 9.17) is 4.52 Å². The molecule has 0 aliphatic carbocycles. The number of hydrogen-bond donors (Lipinski definition) is 1. The first-order valence-electron chi connectivity index (χ1n) is 6.31. The molecule has 0 amide bonds. The summed E-state index contributed by atoms with van der Waals surface area (Å²) in [6, 6.07) is -0.00165. The standard InChI is InChI=1S/C12H19N5OS/c1-6-8(9-13-7(2)18-16-9)14-11-15-10(17-19-11)12(3,4)5/h8H,6H2,1-5H3,(H,14,15,17). The van der Waals surface area contributed by atoms with Gasteiger partial charge in [0.25, 0.3) is 0 Å². The topological polar surface area (TPSA) is 76.7 Å². The van der Waals surface area contributed by atoms with Crippen LogP contribution in [0.2, 0.25) is 0 Å². The van der Waals surface area contributed by atoms with Gasteiger partial charge in [0.2, 0.25) is 11.0 Å². The Hall–Kier alpha value is -1.50. The second-order valence-electron chi connectivity index (χ2n) is 5.45. The van der Waals surface area contributed by atoms with Crippen molar-refractivity contribution in [1.82, 2.24) is 19.5 Å². The average Bonchev–Trinajstić information content (AvgIpc) is 2.94. The molecule has 6 nitrogen and oxygen atoms in total. The predicted molar refractivity (Wildman–Crippen MR) is 74.3 cm³/mol. The van der Waals surface area contributed by atoms with Crippen molar-refractivity contribution in [2.45, 2.75) is 52.5 Å². The summed E-state index contributed by atoms with van der Waals surface area (Å²) in [6.07, 6.45) is 0.851. The summed E-state index contributed by atoms with van der Waals surface area (Å²) in [6.45, 7) is 10.1. The van der Waals surface area contributed by atoms with Crippen LogP contribution >= 0.6 is 11.5 Å². The fourth-order valence-corrected chi connectivity index (χ4v) is 2.35. The smallest absolute Gasteiger partial charge is 0.223 e. The van der Waals surface area contributed by atoms with E-state index in [-0.39, 0.29) is 11.5 Å². The first kappa shape index (κ1) is 13.9. The molecule has 0 aliphatic rings. The van der Waals surface area contributed by atoms with Gasteiger partial charge in [-0.2, -0.15) is 9.36 Å². The van der Waals surface area contributed by atoms with Crippen LogP contribution < -0.4 is 5.32 Å². The zero-order valence-corrected chi connectivity index (χ0v) is 12.7. The predicted octanol–water partition coefficient (Wildman–Crippen LogP) is 3.09. The lowest BCUT2D eigenvalue weighted by Crippen LogP contribution is -2.14. The first-order valence-corrected chi connectivity index (χ1v) is 7.08. The van der Waals surface area contributed by atoms with Crippen molar-refractivity contribution in [2.75, 3.05) is 5.32 Å². The van der Waals surface area contributed by atoms with Gasteiger partial charge >= 0.3 is 0 Å². The third kappa shape index (κ3) is 3.28. The van der Waals surface area contributed by atoms with Crippen molar-refractivity contribution in [3.05, 3.63) is 17.5 Å². The number of nitrogens with zero attached hydrogens (tertiary/aromatic N) is 4. The Morgan fingerprint density at radius 2 is 2.05 bits per heavy atom. The van der Waals surface area contributed by atoms with Gasteiger partial charge in [-0.3, -0.25) is 0 Å². The molecule has 7 heteroatoms. The summed E-state index contributed by atoms with van der Waals surface area (Å²) < 4.78 is 9.39. The molecular formula is C12H19N5OS. The van der Waals surface area contributed by atoms with Gasteiger partial charge in [0, 0.05) is 23.9 Å². The average molecular weight is 281 g/mol. The van der Waals surface area contributed by atoms with Gasteiger partial charge in [-0.1, -0.05) is 32.9 Å². The number of rotatable bonds is 4. The van der Waals surface area contributed by atoms with Gasteiger partial charge < -0.3 is 9.84 Å². The molecule has 1 unspecified atom stereocenters. The number of hydrogen-bond acceptors (Lipinski definition) is 7. The van der Waals surface area contributed by atoms with Crippen LogP contribution in [0.5, 0.6) is 0 Å². The van der Waals surface area contributed by atoms with Gasteiger partial charge in [-0.15, -0.1) is 0 Å². The molecule has 0 aromatic carbocycles. The normalized spacial score (nSPS) is 13.5. The van der Waals surface area contributed by atoms with Crippen LogP contribution in [0.4, 0.5) is 5.13 Å². The van der Waals surface area contributed by atoms with Crippen molar-refractivity contribution in [3.63, 3.8) is 0 Å². The van der Waals surface area contributed by atoms with Crippen LogP contribution in [0.25, 0.3) is 0 Å². The van der Waals surface area contributed by atoms with E-state index in [2.05, 4.69) is 52.5 Å². The molecule has 2 aromatic heterocycles. The molecule has 0 spiro atoms. The Balaban J connectivity index is 2.13. The fourth-order valence-electron chi connectivity index (χ4n) is 1.54. The van der Waals surface area contributed by atoms with Crippen LogP contribution in [0.15, 0.2) is 4.52 Å². The molecule has 0 radical (unpaired) electrons. The number of nitrogens with one attached hydrogen (secondary N) is 1. The van der Waals surface area contributed by atoms with Crippen LogP contribution in [0.1, 0.15) is 57.7 Å². The Morgan fingerprint density at radius 3 is 2.53 bits per heavy atom. The van der Waals surface area contributed by atoms with Crippen molar-refractivity contribution in [3.8, 4) is 0 Å². The number of aryl methyl sites for hydroxylation is 1. The monoisotopic (exact) mass is 281 g/mol. The Morgan fingerprint density at radius 1 is 1.32 bits per heavy atom. The van der Waals surface area contributed by atoms with E-state index in [9.17, 15) is 0 Å². The zero-order valence-electron chi connectivity index (χ0n) is 11.9.